The van der Waals surface area contributed by atoms with Crippen LogP contribution in [-0.4, -0.2) is 51.1 Å². The molecule has 0 spiro atoms. The smallest absolute Gasteiger partial charge is 0.335 e. The van der Waals surface area contributed by atoms with Crippen molar-refractivity contribution < 1.29 is 30.0 Å². The Morgan fingerprint density at radius 3 is 2.30 bits per heavy atom. The number of aliphatic hydroxyl groups excluding tert-OH is 2. The number of aryl methyl sites for hydroxylation is 1. The van der Waals surface area contributed by atoms with Crippen LogP contribution in [0.1, 0.15) is 23.6 Å². The van der Waals surface area contributed by atoms with Crippen molar-refractivity contribution in [1.82, 2.24) is 5.32 Å². The van der Waals surface area contributed by atoms with Crippen LogP contribution in [0.4, 0.5) is 0 Å². The van der Waals surface area contributed by atoms with E-state index in [0.717, 1.165) is 0 Å². The number of aliphatic hydroxyl groups is 2. The van der Waals surface area contributed by atoms with Crippen molar-refractivity contribution in [2.45, 2.75) is 31.1 Å². The Labute approximate surface area is 133 Å². The van der Waals surface area contributed by atoms with Crippen LogP contribution in [0.5, 0.6) is 0 Å². The first-order chi connectivity index (χ1) is 10.9. The fourth-order valence-electron chi connectivity index (χ4n) is 2.22. The van der Waals surface area contributed by atoms with Crippen LogP contribution in [0.3, 0.4) is 0 Å². The van der Waals surface area contributed by atoms with E-state index in [1.54, 1.807) is 0 Å². The summed E-state index contributed by atoms with van der Waals surface area (Å²) in [5, 5.41) is 35.9. The quantitative estimate of drug-likeness (QED) is 0.474. The lowest BCUT2D eigenvalue weighted by Gasteiger charge is -2.10. The molecule has 0 saturated carbocycles. The van der Waals surface area contributed by atoms with Crippen molar-refractivity contribution in [1.29, 1.82) is 0 Å². The fourth-order valence-corrected chi connectivity index (χ4v) is 2.22. The van der Waals surface area contributed by atoms with Crippen LogP contribution in [0.15, 0.2) is 24.3 Å². The maximum Gasteiger partial charge on any atom is 0.335 e. The molecule has 1 aromatic carbocycles. The van der Waals surface area contributed by atoms with Crippen LogP contribution < -0.4 is 5.32 Å². The topological polar surface area (TPSA) is 127 Å². The van der Waals surface area contributed by atoms with Crippen LogP contribution >= 0.6 is 0 Å². The van der Waals surface area contributed by atoms with Crippen LogP contribution in [0.25, 0.3) is 0 Å². The van der Waals surface area contributed by atoms with Gasteiger partial charge < -0.3 is 20.4 Å². The van der Waals surface area contributed by atoms with E-state index in [1.807, 2.05) is 0 Å². The molecule has 1 aromatic rings. The van der Waals surface area contributed by atoms with E-state index in [-0.39, 0.29) is 0 Å². The maximum absolute atomic E-state index is 9.77. The lowest BCUT2D eigenvalue weighted by molar-refractivity contribution is -0.165. The van der Waals surface area contributed by atoms with Crippen LogP contribution in [0, 0.1) is 12.3 Å². The molecule has 5 N–H and O–H groups in total. The number of carboxylic acid groups (broad SMARTS) is 2. The summed E-state index contributed by atoms with van der Waals surface area (Å²) >= 11 is 0. The first-order valence-corrected chi connectivity index (χ1v) is 6.94. The summed E-state index contributed by atoms with van der Waals surface area (Å²) in [7, 11) is 0. The van der Waals surface area contributed by atoms with E-state index in [0.29, 0.717) is 12.6 Å². The monoisotopic (exact) mass is 321 g/mol. The highest BCUT2D eigenvalue weighted by molar-refractivity contribution is 5.83. The Hall–Kier alpha value is -2.40. The number of carbonyl (C=O) groups is 2. The summed E-state index contributed by atoms with van der Waals surface area (Å²) in [6.45, 7) is 0.666. The van der Waals surface area contributed by atoms with Gasteiger partial charge in [0.25, 0.3) is 0 Å². The van der Waals surface area contributed by atoms with E-state index >= 15 is 0 Å². The molecule has 23 heavy (non-hydrogen) atoms. The lowest BCUT2D eigenvalue weighted by atomic mass is 10.1. The van der Waals surface area contributed by atoms with Gasteiger partial charge in [-0.1, -0.05) is 30.2 Å². The minimum Gasteiger partial charge on any atom is -0.479 e. The highest BCUT2D eigenvalue weighted by Gasteiger charge is 2.29. The van der Waals surface area contributed by atoms with E-state index in [1.165, 1.54) is 24.0 Å². The molecule has 0 unspecified atom stereocenters. The summed E-state index contributed by atoms with van der Waals surface area (Å²) in [6, 6.07) is 9.06. The molecule has 1 aliphatic rings. The Balaban J connectivity index is 0.000000241. The summed E-state index contributed by atoms with van der Waals surface area (Å²) in [6.07, 6.45) is 3.04. The Bertz CT molecular complexity index is 576. The van der Waals surface area contributed by atoms with Crippen molar-refractivity contribution in [2.24, 2.45) is 0 Å². The Kier molecular flexibility index (Phi) is 7.22. The molecule has 0 bridgehead atoms. The number of benzene rings is 1. The average Bonchev–Trinajstić information content (AvgIpc) is 2.95. The third-order valence-electron chi connectivity index (χ3n) is 3.39. The van der Waals surface area contributed by atoms with Gasteiger partial charge in [0.15, 0.2) is 12.2 Å². The maximum atomic E-state index is 9.77. The molecular formula is C16H19NO6. The molecule has 0 radical (unpaired) electrons. The highest BCUT2D eigenvalue weighted by Crippen LogP contribution is 2.30. The summed E-state index contributed by atoms with van der Waals surface area (Å²) in [5.41, 5.74) is 2.90. The third kappa shape index (κ3) is 5.38. The van der Waals surface area contributed by atoms with Crippen LogP contribution in [0.2, 0.25) is 0 Å². The molecule has 0 saturated heterocycles. The van der Waals surface area contributed by atoms with Gasteiger partial charge in [0.05, 0.1) is 6.54 Å². The molecule has 7 heteroatoms. The molecule has 1 aliphatic carbocycles. The zero-order valence-electron chi connectivity index (χ0n) is 12.3. The van der Waals surface area contributed by atoms with E-state index in [4.69, 9.17) is 26.8 Å². The zero-order chi connectivity index (χ0) is 17.4. The van der Waals surface area contributed by atoms with Gasteiger partial charge in [-0.25, -0.2) is 9.59 Å². The molecule has 124 valence electrons. The first kappa shape index (κ1) is 18.6. The van der Waals surface area contributed by atoms with Crippen molar-refractivity contribution in [3.63, 3.8) is 0 Å². The standard InChI is InChI=1S/C12H13N.C4H6O6/c1-2-9-13-12-8-7-10-5-3-4-6-11(10)12;5-1(3(7)8)2(6)4(9)10/h1,3-6,12-13H,7-9H2;1-2,5-6H,(H,7,8)(H,9,10)/t12-;1-,2-/m10/s1. The molecule has 3 atom stereocenters. The molecular weight excluding hydrogens is 302 g/mol. The van der Waals surface area contributed by atoms with Crippen molar-refractivity contribution >= 4 is 11.9 Å². The molecule has 0 heterocycles. The molecule has 2 rings (SSSR count). The van der Waals surface area contributed by atoms with E-state index in [9.17, 15) is 9.59 Å². The van der Waals surface area contributed by atoms with Gasteiger partial charge in [0.1, 0.15) is 0 Å². The second-order valence-electron chi connectivity index (χ2n) is 4.94. The third-order valence-corrected chi connectivity index (χ3v) is 3.39. The predicted molar refractivity (Wildman–Crippen MR) is 81.6 cm³/mol. The number of fused-ring (bicyclic) bond motifs is 1. The molecule has 0 fully saturated rings. The predicted octanol–water partition coefficient (Wildman–Crippen LogP) is -0.226. The number of nitrogens with one attached hydrogen (secondary N) is 1. The second-order valence-corrected chi connectivity index (χ2v) is 4.94. The number of rotatable bonds is 5. The minimum absolute atomic E-state index is 0.479. The van der Waals surface area contributed by atoms with Crippen LogP contribution in [-0.2, 0) is 16.0 Å². The number of carboxylic acids is 2. The summed E-state index contributed by atoms with van der Waals surface area (Å²) in [4.78, 5) is 19.5. The van der Waals surface area contributed by atoms with Gasteiger partial charge in [0.2, 0.25) is 0 Å². The van der Waals surface area contributed by atoms with E-state index in [2.05, 4.69) is 35.5 Å². The zero-order valence-corrected chi connectivity index (χ0v) is 12.3. The minimum atomic E-state index is -2.27. The average molecular weight is 321 g/mol. The van der Waals surface area contributed by atoms with Gasteiger partial charge in [-0.15, -0.1) is 6.42 Å². The Morgan fingerprint density at radius 1 is 1.22 bits per heavy atom. The first-order valence-electron chi connectivity index (χ1n) is 6.94. The normalized spacial score (nSPS) is 17.9. The largest absolute Gasteiger partial charge is 0.479 e. The van der Waals surface area contributed by atoms with Gasteiger partial charge in [-0.3, -0.25) is 5.32 Å². The number of terminal acetylenes is 1. The van der Waals surface area contributed by atoms with E-state index < -0.39 is 24.1 Å². The van der Waals surface area contributed by atoms with Gasteiger partial charge in [-0.2, -0.15) is 0 Å². The molecule has 0 aromatic heterocycles. The van der Waals surface area contributed by atoms with Gasteiger partial charge >= 0.3 is 11.9 Å². The SMILES string of the molecule is C#CCN[C@@H]1CCc2ccccc21.O=C(O)[C@@H](O)[C@H](O)C(=O)O. The van der Waals surface area contributed by atoms with Gasteiger partial charge in [0, 0.05) is 6.04 Å². The number of aliphatic carboxylic acids is 2. The lowest BCUT2D eigenvalue weighted by Crippen LogP contribution is -2.39. The van der Waals surface area contributed by atoms with Crippen molar-refractivity contribution in [3.05, 3.63) is 35.4 Å². The summed E-state index contributed by atoms with van der Waals surface area (Å²) in [5.74, 6) is -0.923. The van der Waals surface area contributed by atoms with Crippen molar-refractivity contribution in [3.8, 4) is 12.3 Å². The fraction of sp³-hybridized carbons (Fsp3) is 0.375. The molecule has 0 aliphatic heterocycles. The molecule has 7 nitrogen and oxygen atoms in total. The number of hydrogen-bond donors (Lipinski definition) is 5. The number of hydrogen-bond acceptors (Lipinski definition) is 5. The summed E-state index contributed by atoms with van der Waals surface area (Å²) < 4.78 is 0. The van der Waals surface area contributed by atoms with Gasteiger partial charge in [-0.05, 0) is 24.0 Å². The molecule has 0 amide bonds. The van der Waals surface area contributed by atoms with Crippen molar-refractivity contribution in [2.75, 3.05) is 6.54 Å². The second kappa shape index (κ2) is 8.90. The highest BCUT2D eigenvalue weighted by atomic mass is 16.4. The Morgan fingerprint density at radius 2 is 1.78 bits per heavy atom.